The van der Waals surface area contributed by atoms with Crippen LogP contribution in [0.4, 0.5) is 4.79 Å². The molecule has 23 heavy (non-hydrogen) atoms. The molecule has 1 saturated carbocycles. The molecular weight excluding hydrogens is 312 g/mol. The van der Waals surface area contributed by atoms with E-state index in [-0.39, 0.29) is 6.03 Å². The summed E-state index contributed by atoms with van der Waals surface area (Å²) in [6.07, 6.45) is 3.55. The summed E-state index contributed by atoms with van der Waals surface area (Å²) in [5.74, 6) is 0. The van der Waals surface area contributed by atoms with Gasteiger partial charge < -0.3 is 15.7 Å². The first-order valence-electron chi connectivity index (χ1n) is 7.77. The van der Waals surface area contributed by atoms with Crippen molar-refractivity contribution < 1.29 is 9.90 Å². The van der Waals surface area contributed by atoms with Gasteiger partial charge in [-0.05, 0) is 12.8 Å². The summed E-state index contributed by atoms with van der Waals surface area (Å²) in [5, 5.41) is 25.5. The molecule has 0 spiro atoms. The fraction of sp³-hybridized carbons (Fsp3) is 0.438. The molecule has 1 aromatic carbocycles. The minimum atomic E-state index is -0.736. The van der Waals surface area contributed by atoms with E-state index in [1.807, 2.05) is 30.3 Å². The maximum Gasteiger partial charge on any atom is 0.315 e. The molecule has 3 N–H and O–H groups in total. The van der Waals surface area contributed by atoms with Crippen LogP contribution in [0.5, 0.6) is 0 Å². The standard InChI is InChI=1S/C16H20N4O2S/c21-15(18-11-16(22)8-4-5-9-16)17-10-13-19-20-14(23-13)12-6-2-1-3-7-12/h1-3,6-7,22H,4-5,8-11H2,(H2,17,18,21). The molecule has 0 saturated heterocycles. The van der Waals surface area contributed by atoms with E-state index in [0.29, 0.717) is 13.1 Å². The summed E-state index contributed by atoms with van der Waals surface area (Å²) in [4.78, 5) is 11.8. The molecule has 3 rings (SSSR count). The Labute approximate surface area is 139 Å². The number of carbonyl (C=O) groups is 1. The number of hydrogen-bond acceptors (Lipinski definition) is 5. The second-order valence-corrected chi connectivity index (χ2v) is 6.90. The van der Waals surface area contributed by atoms with Crippen molar-refractivity contribution in [1.29, 1.82) is 0 Å². The van der Waals surface area contributed by atoms with Crippen molar-refractivity contribution in [3.05, 3.63) is 35.3 Å². The number of nitrogens with zero attached hydrogens (tertiary/aromatic N) is 2. The highest BCUT2D eigenvalue weighted by atomic mass is 32.1. The molecule has 0 radical (unpaired) electrons. The van der Waals surface area contributed by atoms with Gasteiger partial charge in [0.2, 0.25) is 0 Å². The Hall–Kier alpha value is -1.99. The summed E-state index contributed by atoms with van der Waals surface area (Å²) in [7, 11) is 0. The fourth-order valence-electron chi connectivity index (χ4n) is 2.70. The molecule has 0 unspecified atom stereocenters. The maximum absolute atomic E-state index is 11.8. The predicted molar refractivity (Wildman–Crippen MR) is 89.0 cm³/mol. The molecule has 0 atom stereocenters. The van der Waals surface area contributed by atoms with Crippen LogP contribution in [0.15, 0.2) is 30.3 Å². The Bertz CT molecular complexity index is 653. The Morgan fingerprint density at radius 2 is 1.91 bits per heavy atom. The van der Waals surface area contributed by atoms with Crippen LogP contribution in [0.1, 0.15) is 30.7 Å². The number of rotatable bonds is 5. The lowest BCUT2D eigenvalue weighted by Crippen LogP contribution is -2.44. The minimum Gasteiger partial charge on any atom is -0.388 e. The van der Waals surface area contributed by atoms with Gasteiger partial charge >= 0.3 is 6.03 Å². The largest absolute Gasteiger partial charge is 0.388 e. The number of aliphatic hydroxyl groups is 1. The first-order valence-corrected chi connectivity index (χ1v) is 8.58. The number of carbonyl (C=O) groups excluding carboxylic acids is 1. The quantitative estimate of drug-likeness (QED) is 0.784. The van der Waals surface area contributed by atoms with Gasteiger partial charge in [-0.3, -0.25) is 0 Å². The number of amides is 2. The maximum atomic E-state index is 11.8. The van der Waals surface area contributed by atoms with E-state index < -0.39 is 5.60 Å². The topological polar surface area (TPSA) is 87.1 Å². The third-order valence-corrected chi connectivity index (χ3v) is 4.97. The fourth-order valence-corrected chi connectivity index (χ4v) is 3.48. The molecule has 2 amide bonds. The highest BCUT2D eigenvalue weighted by molar-refractivity contribution is 7.14. The van der Waals surface area contributed by atoms with Crippen LogP contribution in [0.2, 0.25) is 0 Å². The Balaban J connectivity index is 1.47. The Morgan fingerprint density at radius 3 is 2.65 bits per heavy atom. The molecule has 1 aliphatic carbocycles. The Kier molecular flexibility index (Phi) is 4.88. The van der Waals surface area contributed by atoms with E-state index in [4.69, 9.17) is 0 Å². The van der Waals surface area contributed by atoms with Gasteiger partial charge in [-0.2, -0.15) is 0 Å². The zero-order valence-corrected chi connectivity index (χ0v) is 13.6. The molecule has 1 aromatic heterocycles. The zero-order valence-electron chi connectivity index (χ0n) is 12.8. The van der Waals surface area contributed by atoms with Gasteiger partial charge in [-0.15, -0.1) is 10.2 Å². The van der Waals surface area contributed by atoms with Crippen LogP contribution in [-0.2, 0) is 6.54 Å². The first kappa shape index (κ1) is 15.9. The van der Waals surface area contributed by atoms with Crippen LogP contribution in [0, 0.1) is 0 Å². The Morgan fingerprint density at radius 1 is 1.17 bits per heavy atom. The van der Waals surface area contributed by atoms with Gasteiger partial charge in [0, 0.05) is 12.1 Å². The van der Waals surface area contributed by atoms with E-state index in [1.165, 1.54) is 11.3 Å². The summed E-state index contributed by atoms with van der Waals surface area (Å²) < 4.78 is 0. The van der Waals surface area contributed by atoms with E-state index in [0.717, 1.165) is 41.3 Å². The van der Waals surface area contributed by atoms with E-state index in [2.05, 4.69) is 20.8 Å². The lowest BCUT2D eigenvalue weighted by Gasteiger charge is -2.22. The number of nitrogens with one attached hydrogen (secondary N) is 2. The van der Waals surface area contributed by atoms with Gasteiger partial charge in [0.1, 0.15) is 10.0 Å². The third kappa shape index (κ3) is 4.27. The molecule has 7 heteroatoms. The monoisotopic (exact) mass is 332 g/mol. The summed E-state index contributed by atoms with van der Waals surface area (Å²) in [6.45, 7) is 0.624. The molecule has 1 heterocycles. The number of aromatic nitrogens is 2. The lowest BCUT2D eigenvalue weighted by molar-refractivity contribution is 0.0501. The predicted octanol–water partition coefficient (Wildman–Crippen LogP) is 2.31. The van der Waals surface area contributed by atoms with Gasteiger partial charge in [0.05, 0.1) is 12.1 Å². The van der Waals surface area contributed by atoms with Crippen molar-refractivity contribution in [2.75, 3.05) is 6.54 Å². The van der Waals surface area contributed by atoms with E-state index in [1.54, 1.807) is 0 Å². The van der Waals surface area contributed by atoms with Crippen molar-refractivity contribution in [2.45, 2.75) is 37.8 Å². The average Bonchev–Trinajstić information content (AvgIpc) is 3.22. The molecule has 1 fully saturated rings. The SMILES string of the molecule is O=C(NCc1nnc(-c2ccccc2)s1)NCC1(O)CCCC1. The highest BCUT2D eigenvalue weighted by Crippen LogP contribution is 2.28. The van der Waals surface area contributed by atoms with Crippen molar-refractivity contribution in [1.82, 2.24) is 20.8 Å². The van der Waals surface area contributed by atoms with Crippen molar-refractivity contribution in [3.8, 4) is 10.6 Å². The lowest BCUT2D eigenvalue weighted by atomic mass is 10.0. The highest BCUT2D eigenvalue weighted by Gasteiger charge is 2.31. The third-order valence-electron chi connectivity index (χ3n) is 4.00. The molecule has 2 aromatic rings. The van der Waals surface area contributed by atoms with Crippen LogP contribution in [0.25, 0.3) is 10.6 Å². The van der Waals surface area contributed by atoms with Crippen LogP contribution in [0.3, 0.4) is 0 Å². The number of benzene rings is 1. The van der Waals surface area contributed by atoms with Crippen molar-refractivity contribution >= 4 is 17.4 Å². The van der Waals surface area contributed by atoms with Crippen LogP contribution >= 0.6 is 11.3 Å². The van der Waals surface area contributed by atoms with Gasteiger partial charge in [-0.25, -0.2) is 4.79 Å². The number of urea groups is 1. The second-order valence-electron chi connectivity index (χ2n) is 5.83. The summed E-state index contributed by atoms with van der Waals surface area (Å²) in [6, 6.07) is 9.53. The van der Waals surface area contributed by atoms with Gasteiger partial charge in [-0.1, -0.05) is 54.5 Å². The van der Waals surface area contributed by atoms with Crippen molar-refractivity contribution in [3.63, 3.8) is 0 Å². The van der Waals surface area contributed by atoms with Crippen molar-refractivity contribution in [2.24, 2.45) is 0 Å². The smallest absolute Gasteiger partial charge is 0.315 e. The van der Waals surface area contributed by atoms with Crippen LogP contribution < -0.4 is 10.6 Å². The minimum absolute atomic E-state index is 0.290. The number of hydrogen-bond donors (Lipinski definition) is 3. The molecule has 0 bridgehead atoms. The van der Waals surface area contributed by atoms with Crippen LogP contribution in [-0.4, -0.2) is 33.5 Å². The van der Waals surface area contributed by atoms with Gasteiger partial charge in [0.25, 0.3) is 0 Å². The summed E-state index contributed by atoms with van der Waals surface area (Å²) in [5.41, 5.74) is 0.282. The zero-order chi connectivity index (χ0) is 16.1. The normalized spacial score (nSPS) is 16.2. The van der Waals surface area contributed by atoms with E-state index in [9.17, 15) is 9.90 Å². The van der Waals surface area contributed by atoms with Gasteiger partial charge in [0.15, 0.2) is 0 Å². The molecule has 122 valence electrons. The van der Waals surface area contributed by atoms with E-state index >= 15 is 0 Å². The molecule has 1 aliphatic rings. The average molecular weight is 332 g/mol. The molecule has 0 aliphatic heterocycles. The first-order chi connectivity index (χ1) is 11.1. The summed E-state index contributed by atoms with van der Waals surface area (Å²) >= 11 is 1.46. The molecule has 6 nitrogen and oxygen atoms in total. The second kappa shape index (κ2) is 7.06. The molecular formula is C16H20N4O2S.